The molecule has 1 N–H and O–H groups in total. The largest absolute Gasteiger partial charge is 0.478 e. The van der Waals surface area contributed by atoms with Crippen LogP contribution in [-0.4, -0.2) is 18.6 Å². The summed E-state index contributed by atoms with van der Waals surface area (Å²) < 4.78 is 5.55. The zero-order chi connectivity index (χ0) is 11.8. The van der Waals surface area contributed by atoms with Crippen molar-refractivity contribution in [2.75, 3.05) is 13.7 Å². The molecule has 0 aliphatic carbocycles. The number of aromatic nitrogens is 1. The molecule has 0 saturated heterocycles. The van der Waals surface area contributed by atoms with Gasteiger partial charge in [-0.3, -0.25) is 0 Å². The van der Waals surface area contributed by atoms with Crippen LogP contribution in [0.25, 0.3) is 0 Å². The second kappa shape index (κ2) is 7.47. The van der Waals surface area contributed by atoms with Gasteiger partial charge in [0.1, 0.15) is 0 Å². The Hall–Kier alpha value is -0.800. The second-order valence-electron chi connectivity index (χ2n) is 3.70. The maximum Gasteiger partial charge on any atom is 0.213 e. The summed E-state index contributed by atoms with van der Waals surface area (Å²) in [6.07, 6.45) is 5.10. The monoisotopic (exact) mass is 242 g/mol. The Morgan fingerprint density at radius 2 is 2.25 bits per heavy atom. The van der Waals surface area contributed by atoms with Crippen LogP contribution in [0.4, 0.5) is 0 Å². The van der Waals surface area contributed by atoms with E-state index >= 15 is 0 Å². The van der Waals surface area contributed by atoms with E-state index in [2.05, 4.69) is 17.2 Å². The SMILES string of the molecule is CCCCCOc1cc(CNC)c(Cl)cn1. The maximum atomic E-state index is 6.00. The van der Waals surface area contributed by atoms with Crippen LogP contribution in [0.15, 0.2) is 12.3 Å². The van der Waals surface area contributed by atoms with Crippen molar-refractivity contribution in [1.29, 1.82) is 0 Å². The molecule has 0 saturated carbocycles. The smallest absolute Gasteiger partial charge is 0.213 e. The standard InChI is InChI=1S/C12H19ClN2O/c1-3-4-5-6-16-12-7-10(8-14-2)11(13)9-15-12/h7,9,14H,3-6,8H2,1-2H3. The summed E-state index contributed by atoms with van der Waals surface area (Å²) >= 11 is 6.00. The molecule has 3 nitrogen and oxygen atoms in total. The van der Waals surface area contributed by atoms with Crippen molar-refractivity contribution in [3.05, 3.63) is 22.8 Å². The first-order chi connectivity index (χ1) is 7.77. The second-order valence-corrected chi connectivity index (χ2v) is 4.11. The quantitative estimate of drug-likeness (QED) is 0.747. The molecule has 0 radical (unpaired) electrons. The minimum absolute atomic E-state index is 0.658. The van der Waals surface area contributed by atoms with E-state index < -0.39 is 0 Å². The molecule has 16 heavy (non-hydrogen) atoms. The Morgan fingerprint density at radius 1 is 1.44 bits per heavy atom. The van der Waals surface area contributed by atoms with Gasteiger partial charge in [-0.1, -0.05) is 31.4 Å². The average molecular weight is 243 g/mol. The van der Waals surface area contributed by atoms with Crippen LogP contribution in [0.5, 0.6) is 5.88 Å². The van der Waals surface area contributed by atoms with Crippen molar-refractivity contribution in [3.8, 4) is 5.88 Å². The van der Waals surface area contributed by atoms with Gasteiger partial charge in [-0.25, -0.2) is 4.98 Å². The fourth-order valence-corrected chi connectivity index (χ4v) is 1.56. The number of ether oxygens (including phenoxy) is 1. The van der Waals surface area contributed by atoms with Crippen LogP contribution in [0.3, 0.4) is 0 Å². The Bertz CT molecular complexity index is 318. The first-order valence-electron chi connectivity index (χ1n) is 5.69. The molecule has 1 aromatic heterocycles. The third-order valence-electron chi connectivity index (χ3n) is 2.27. The molecule has 90 valence electrons. The number of rotatable bonds is 7. The third-order valence-corrected chi connectivity index (χ3v) is 2.61. The van der Waals surface area contributed by atoms with Crippen LogP contribution in [-0.2, 0) is 6.54 Å². The van der Waals surface area contributed by atoms with E-state index in [4.69, 9.17) is 16.3 Å². The molecule has 0 spiro atoms. The van der Waals surface area contributed by atoms with Crippen molar-refractivity contribution in [1.82, 2.24) is 10.3 Å². The lowest BCUT2D eigenvalue weighted by Crippen LogP contribution is -2.07. The van der Waals surface area contributed by atoms with Crippen LogP contribution in [0, 0.1) is 0 Å². The summed E-state index contributed by atoms with van der Waals surface area (Å²) in [5, 5.41) is 3.74. The lowest BCUT2D eigenvalue weighted by molar-refractivity contribution is 0.294. The van der Waals surface area contributed by atoms with E-state index in [9.17, 15) is 0 Å². The normalized spacial score (nSPS) is 10.4. The Labute approximate surface area is 102 Å². The number of nitrogens with one attached hydrogen (secondary N) is 1. The summed E-state index contributed by atoms with van der Waals surface area (Å²) in [5.41, 5.74) is 1.02. The zero-order valence-electron chi connectivity index (χ0n) is 9.92. The Balaban J connectivity index is 2.50. The molecule has 0 fully saturated rings. The molecule has 0 bridgehead atoms. The predicted molar refractivity (Wildman–Crippen MR) is 67.0 cm³/mol. The van der Waals surface area contributed by atoms with Crippen LogP contribution in [0.2, 0.25) is 5.02 Å². The number of unbranched alkanes of at least 4 members (excludes halogenated alkanes) is 2. The summed E-state index contributed by atoms with van der Waals surface area (Å²) in [6.45, 7) is 3.62. The van der Waals surface area contributed by atoms with E-state index in [1.165, 1.54) is 12.8 Å². The lowest BCUT2D eigenvalue weighted by atomic mass is 10.2. The van der Waals surface area contributed by atoms with E-state index in [0.29, 0.717) is 10.9 Å². The molecule has 0 amide bonds. The molecule has 0 unspecified atom stereocenters. The first kappa shape index (κ1) is 13.3. The van der Waals surface area contributed by atoms with E-state index in [0.717, 1.165) is 25.1 Å². The predicted octanol–water partition coefficient (Wildman–Crippen LogP) is 3.02. The number of nitrogens with zero attached hydrogens (tertiary/aromatic N) is 1. The maximum absolute atomic E-state index is 6.00. The molecule has 0 aromatic carbocycles. The zero-order valence-corrected chi connectivity index (χ0v) is 10.7. The molecule has 4 heteroatoms. The van der Waals surface area contributed by atoms with Gasteiger partial charge in [-0.2, -0.15) is 0 Å². The van der Waals surface area contributed by atoms with E-state index in [1.807, 2.05) is 13.1 Å². The van der Waals surface area contributed by atoms with Crippen LogP contribution < -0.4 is 10.1 Å². The van der Waals surface area contributed by atoms with Crippen molar-refractivity contribution >= 4 is 11.6 Å². The Morgan fingerprint density at radius 3 is 2.94 bits per heavy atom. The van der Waals surface area contributed by atoms with Gasteiger partial charge in [0, 0.05) is 18.8 Å². The highest BCUT2D eigenvalue weighted by molar-refractivity contribution is 6.31. The van der Waals surface area contributed by atoms with Crippen molar-refractivity contribution in [2.45, 2.75) is 32.7 Å². The molecule has 0 aliphatic heterocycles. The summed E-state index contributed by atoms with van der Waals surface area (Å²) in [5.74, 6) is 0.658. The number of hydrogen-bond acceptors (Lipinski definition) is 3. The molecule has 0 atom stereocenters. The van der Waals surface area contributed by atoms with Gasteiger partial charge in [-0.05, 0) is 19.0 Å². The topological polar surface area (TPSA) is 34.1 Å². The number of pyridine rings is 1. The highest BCUT2D eigenvalue weighted by atomic mass is 35.5. The van der Waals surface area contributed by atoms with Gasteiger partial charge in [0.2, 0.25) is 5.88 Å². The van der Waals surface area contributed by atoms with Gasteiger partial charge in [0.05, 0.1) is 11.6 Å². The summed E-state index contributed by atoms with van der Waals surface area (Å²) in [7, 11) is 1.89. The van der Waals surface area contributed by atoms with E-state index in [1.54, 1.807) is 6.20 Å². The van der Waals surface area contributed by atoms with Gasteiger partial charge in [0.25, 0.3) is 0 Å². The third kappa shape index (κ3) is 4.37. The minimum atomic E-state index is 0.658. The Kier molecular flexibility index (Phi) is 6.19. The van der Waals surface area contributed by atoms with E-state index in [-0.39, 0.29) is 0 Å². The summed E-state index contributed by atoms with van der Waals surface area (Å²) in [6, 6.07) is 1.89. The van der Waals surface area contributed by atoms with Gasteiger partial charge >= 0.3 is 0 Å². The minimum Gasteiger partial charge on any atom is -0.478 e. The van der Waals surface area contributed by atoms with Crippen molar-refractivity contribution < 1.29 is 4.74 Å². The average Bonchev–Trinajstić information content (AvgIpc) is 2.29. The fourth-order valence-electron chi connectivity index (χ4n) is 1.39. The molecular weight excluding hydrogens is 224 g/mol. The van der Waals surface area contributed by atoms with Gasteiger partial charge in [0.15, 0.2) is 0 Å². The number of hydrogen-bond donors (Lipinski definition) is 1. The molecule has 1 aromatic rings. The molecular formula is C12H19ClN2O. The highest BCUT2D eigenvalue weighted by Gasteiger charge is 2.03. The molecule has 1 heterocycles. The van der Waals surface area contributed by atoms with Crippen LogP contribution in [0.1, 0.15) is 31.7 Å². The van der Waals surface area contributed by atoms with Crippen molar-refractivity contribution in [2.24, 2.45) is 0 Å². The van der Waals surface area contributed by atoms with Gasteiger partial charge < -0.3 is 10.1 Å². The van der Waals surface area contributed by atoms with Crippen LogP contribution >= 0.6 is 11.6 Å². The molecule has 0 aliphatic rings. The highest BCUT2D eigenvalue weighted by Crippen LogP contribution is 2.19. The number of halogens is 1. The van der Waals surface area contributed by atoms with Crippen molar-refractivity contribution in [3.63, 3.8) is 0 Å². The summed E-state index contributed by atoms with van der Waals surface area (Å²) in [4.78, 5) is 4.14. The lowest BCUT2D eigenvalue weighted by Gasteiger charge is -2.08. The fraction of sp³-hybridized carbons (Fsp3) is 0.583. The van der Waals surface area contributed by atoms with Gasteiger partial charge in [-0.15, -0.1) is 0 Å². The molecule has 1 rings (SSSR count). The first-order valence-corrected chi connectivity index (χ1v) is 6.07.